The molecule has 1 aliphatic rings. The molecule has 1 aromatic heterocycles. The fraction of sp³-hybridized carbons (Fsp3) is 0.0909. The van der Waals surface area contributed by atoms with Gasteiger partial charge in [-0.05, 0) is 53.7 Å². The van der Waals surface area contributed by atoms with Crippen LogP contribution in [0.2, 0.25) is 0 Å². The van der Waals surface area contributed by atoms with Crippen molar-refractivity contribution in [2.24, 2.45) is 0 Å². The van der Waals surface area contributed by atoms with Crippen LogP contribution in [0.25, 0.3) is 17.4 Å². The Morgan fingerprint density at radius 1 is 1.00 bits per heavy atom. The van der Waals surface area contributed by atoms with Gasteiger partial charge >= 0.3 is 6.18 Å². The second kappa shape index (κ2) is 8.07. The lowest BCUT2D eigenvalue weighted by Gasteiger charge is -2.12. The largest absolute Gasteiger partial charge is 0.457 e. The van der Waals surface area contributed by atoms with Crippen molar-refractivity contribution in [3.8, 4) is 11.3 Å². The van der Waals surface area contributed by atoms with Crippen LogP contribution in [0.4, 0.5) is 22.4 Å². The minimum absolute atomic E-state index is 0.00404. The molecule has 158 valence electrons. The number of furan rings is 1. The van der Waals surface area contributed by atoms with Gasteiger partial charge in [-0.2, -0.15) is 13.2 Å². The molecule has 4 nitrogen and oxygen atoms in total. The van der Waals surface area contributed by atoms with E-state index in [0.29, 0.717) is 5.56 Å². The van der Waals surface area contributed by atoms with E-state index in [1.165, 1.54) is 54.6 Å². The zero-order chi connectivity index (χ0) is 22.2. The molecule has 1 fully saturated rings. The fourth-order valence-corrected chi connectivity index (χ4v) is 3.79. The molecule has 3 aromatic rings. The molecule has 0 N–H and O–H groups in total. The summed E-state index contributed by atoms with van der Waals surface area (Å²) < 4.78 is 57.4. The van der Waals surface area contributed by atoms with Gasteiger partial charge in [0.25, 0.3) is 11.1 Å². The Bertz CT molecular complexity index is 1180. The molecule has 0 saturated carbocycles. The molecule has 4 rings (SSSR count). The van der Waals surface area contributed by atoms with E-state index in [4.69, 9.17) is 4.42 Å². The summed E-state index contributed by atoms with van der Waals surface area (Å²) in [5.41, 5.74) is 0.0264. The third-order valence-corrected chi connectivity index (χ3v) is 5.41. The van der Waals surface area contributed by atoms with E-state index in [-0.39, 0.29) is 28.5 Å². The third-order valence-electron chi connectivity index (χ3n) is 4.50. The van der Waals surface area contributed by atoms with Gasteiger partial charge in [0.2, 0.25) is 0 Å². The molecule has 0 bridgehead atoms. The van der Waals surface area contributed by atoms with Crippen molar-refractivity contribution in [1.82, 2.24) is 4.90 Å². The molecule has 0 atom stereocenters. The van der Waals surface area contributed by atoms with Crippen LogP contribution in [-0.4, -0.2) is 16.0 Å². The summed E-state index contributed by atoms with van der Waals surface area (Å²) in [4.78, 5) is 26.0. The molecule has 1 saturated heterocycles. The van der Waals surface area contributed by atoms with Crippen molar-refractivity contribution < 1.29 is 31.6 Å². The molecule has 31 heavy (non-hydrogen) atoms. The van der Waals surface area contributed by atoms with Gasteiger partial charge in [0.15, 0.2) is 0 Å². The predicted molar refractivity (Wildman–Crippen MR) is 107 cm³/mol. The van der Waals surface area contributed by atoms with Gasteiger partial charge in [-0.15, -0.1) is 0 Å². The fourth-order valence-electron chi connectivity index (χ4n) is 2.97. The van der Waals surface area contributed by atoms with Crippen molar-refractivity contribution in [3.05, 3.63) is 88.3 Å². The molecular weight excluding hydrogens is 434 g/mol. The molecule has 2 amide bonds. The predicted octanol–water partition coefficient (Wildman–Crippen LogP) is 6.34. The zero-order valence-electron chi connectivity index (χ0n) is 15.7. The lowest BCUT2D eigenvalue weighted by atomic mass is 10.1. The van der Waals surface area contributed by atoms with Crippen molar-refractivity contribution in [2.75, 3.05) is 0 Å². The van der Waals surface area contributed by atoms with Crippen LogP contribution in [0.5, 0.6) is 0 Å². The lowest BCUT2D eigenvalue weighted by molar-refractivity contribution is -0.137. The Balaban J connectivity index is 1.53. The number of hydrogen-bond acceptors (Lipinski definition) is 4. The Morgan fingerprint density at radius 3 is 2.45 bits per heavy atom. The van der Waals surface area contributed by atoms with Gasteiger partial charge in [-0.25, -0.2) is 4.39 Å². The minimum Gasteiger partial charge on any atom is -0.457 e. The third kappa shape index (κ3) is 4.56. The van der Waals surface area contributed by atoms with E-state index in [1.54, 1.807) is 0 Å². The average molecular weight is 447 g/mol. The Labute approximate surface area is 178 Å². The molecule has 2 aromatic carbocycles. The number of halogens is 4. The maximum atomic E-state index is 13.0. The Hall–Kier alpha value is -3.33. The molecule has 0 aliphatic carbocycles. The normalized spacial score (nSPS) is 15.9. The molecule has 0 unspecified atom stereocenters. The van der Waals surface area contributed by atoms with E-state index >= 15 is 0 Å². The summed E-state index contributed by atoms with van der Waals surface area (Å²) in [7, 11) is 0. The summed E-state index contributed by atoms with van der Waals surface area (Å²) in [6.07, 6.45) is -3.11. The first-order chi connectivity index (χ1) is 14.7. The number of hydrogen-bond donors (Lipinski definition) is 0. The first-order valence-electron chi connectivity index (χ1n) is 8.98. The maximum absolute atomic E-state index is 13.0. The highest BCUT2D eigenvalue weighted by Gasteiger charge is 2.35. The quantitative estimate of drug-likeness (QED) is 0.346. The molecule has 2 heterocycles. The minimum atomic E-state index is -4.48. The number of benzene rings is 2. The van der Waals surface area contributed by atoms with Gasteiger partial charge in [-0.3, -0.25) is 14.5 Å². The van der Waals surface area contributed by atoms with Crippen molar-refractivity contribution >= 4 is 29.0 Å². The van der Waals surface area contributed by atoms with Crippen LogP contribution in [0.1, 0.15) is 16.9 Å². The first kappa shape index (κ1) is 20.9. The number of alkyl halides is 3. The van der Waals surface area contributed by atoms with Crippen LogP contribution in [0.15, 0.2) is 70.0 Å². The monoisotopic (exact) mass is 447 g/mol. The van der Waals surface area contributed by atoms with Crippen LogP contribution in [0.3, 0.4) is 0 Å². The number of carbonyl (C=O) groups is 2. The van der Waals surface area contributed by atoms with Crippen LogP contribution >= 0.6 is 11.8 Å². The van der Waals surface area contributed by atoms with Gasteiger partial charge in [-0.1, -0.05) is 24.3 Å². The summed E-state index contributed by atoms with van der Waals surface area (Å²) in [5, 5.41) is -0.481. The number of rotatable bonds is 4. The molecule has 9 heteroatoms. The topological polar surface area (TPSA) is 50.5 Å². The molecule has 1 aliphatic heterocycles. The van der Waals surface area contributed by atoms with Gasteiger partial charge < -0.3 is 4.42 Å². The molecule has 0 spiro atoms. The van der Waals surface area contributed by atoms with Gasteiger partial charge in [0, 0.05) is 11.6 Å². The second-order valence-corrected chi connectivity index (χ2v) is 7.67. The SMILES string of the molecule is O=C1S/C(=C\c2ccc(-c3cccc(C(F)(F)F)c3)o2)C(=O)N1Cc1ccc(F)cc1. The van der Waals surface area contributed by atoms with E-state index in [9.17, 15) is 27.2 Å². The molecule has 0 radical (unpaired) electrons. The zero-order valence-corrected chi connectivity index (χ0v) is 16.5. The number of amides is 2. The summed E-state index contributed by atoms with van der Waals surface area (Å²) in [5.74, 6) is -0.536. The van der Waals surface area contributed by atoms with Gasteiger partial charge in [0.05, 0.1) is 17.0 Å². The highest BCUT2D eigenvalue weighted by Crippen LogP contribution is 2.35. The maximum Gasteiger partial charge on any atom is 0.416 e. The van der Waals surface area contributed by atoms with Gasteiger partial charge in [0.1, 0.15) is 17.3 Å². The highest BCUT2D eigenvalue weighted by atomic mass is 32.2. The van der Waals surface area contributed by atoms with Crippen molar-refractivity contribution in [2.45, 2.75) is 12.7 Å². The van der Waals surface area contributed by atoms with Crippen molar-refractivity contribution in [1.29, 1.82) is 0 Å². The number of thioether (sulfide) groups is 1. The lowest BCUT2D eigenvalue weighted by Crippen LogP contribution is -2.27. The smallest absolute Gasteiger partial charge is 0.416 e. The Morgan fingerprint density at radius 2 is 1.74 bits per heavy atom. The second-order valence-electron chi connectivity index (χ2n) is 6.67. The molecular formula is C22H13F4NO3S. The van der Waals surface area contributed by atoms with E-state index in [1.807, 2.05) is 0 Å². The summed E-state index contributed by atoms with van der Waals surface area (Å²) in [6, 6.07) is 13.1. The number of nitrogens with zero attached hydrogens (tertiary/aromatic N) is 1. The van der Waals surface area contributed by atoms with E-state index < -0.39 is 28.7 Å². The standard InChI is InChI=1S/C22H13F4NO3S/c23-16-6-4-13(5-7-16)12-27-20(28)19(31-21(27)29)11-17-8-9-18(30-17)14-2-1-3-15(10-14)22(24,25)26/h1-11H,12H2/b19-11-. The van der Waals surface area contributed by atoms with Crippen LogP contribution in [0, 0.1) is 5.82 Å². The van der Waals surface area contributed by atoms with Crippen LogP contribution in [-0.2, 0) is 17.5 Å². The average Bonchev–Trinajstić information content (AvgIpc) is 3.29. The summed E-state index contributed by atoms with van der Waals surface area (Å²) >= 11 is 0.726. The number of imide groups is 1. The Kier molecular flexibility index (Phi) is 5.45. The van der Waals surface area contributed by atoms with Crippen LogP contribution < -0.4 is 0 Å². The first-order valence-corrected chi connectivity index (χ1v) is 9.79. The number of carbonyl (C=O) groups excluding carboxylic acids is 2. The summed E-state index contributed by atoms with van der Waals surface area (Å²) in [6.45, 7) is -0.00404. The van der Waals surface area contributed by atoms with E-state index in [2.05, 4.69) is 0 Å². The highest BCUT2D eigenvalue weighted by molar-refractivity contribution is 8.18. The van der Waals surface area contributed by atoms with E-state index in [0.717, 1.165) is 28.8 Å². The van der Waals surface area contributed by atoms with Crippen molar-refractivity contribution in [3.63, 3.8) is 0 Å².